The highest BCUT2D eigenvalue weighted by atomic mass is 32.1. The Balaban J connectivity index is 1.31. The lowest BCUT2D eigenvalue weighted by atomic mass is 10.1. The first kappa shape index (κ1) is 23.7. The number of nitrogens with zero attached hydrogens (tertiary/aromatic N) is 2. The van der Waals surface area contributed by atoms with Crippen LogP contribution < -0.4 is 11.1 Å². The number of amides is 2. The minimum absolute atomic E-state index is 0.173. The van der Waals surface area contributed by atoms with E-state index in [1.807, 2.05) is 6.92 Å². The van der Waals surface area contributed by atoms with E-state index >= 15 is 0 Å². The van der Waals surface area contributed by atoms with Gasteiger partial charge in [-0.2, -0.15) is 13.2 Å². The van der Waals surface area contributed by atoms with Crippen molar-refractivity contribution in [1.29, 1.82) is 0 Å². The van der Waals surface area contributed by atoms with Gasteiger partial charge in [0.2, 0.25) is 5.91 Å². The van der Waals surface area contributed by atoms with Crippen molar-refractivity contribution in [1.82, 2.24) is 9.80 Å². The van der Waals surface area contributed by atoms with Crippen LogP contribution in [-0.4, -0.2) is 53.8 Å². The number of hydrogen-bond donors (Lipinski definition) is 2. The summed E-state index contributed by atoms with van der Waals surface area (Å²) < 4.78 is 38.2. The molecule has 1 aromatic carbocycles. The number of nitrogens with one attached hydrogen (secondary N) is 1. The minimum atomic E-state index is -4.33. The fraction of sp³-hybridized carbons (Fsp3) is 0.478. The van der Waals surface area contributed by atoms with E-state index in [9.17, 15) is 22.8 Å². The number of nitrogens with two attached hydrogens (primary N) is 1. The summed E-state index contributed by atoms with van der Waals surface area (Å²) in [6, 6.07) is 4.87. The highest BCUT2D eigenvalue weighted by molar-refractivity contribution is 7.17. The van der Waals surface area contributed by atoms with Gasteiger partial charge in [-0.1, -0.05) is 12.1 Å². The van der Waals surface area contributed by atoms with Gasteiger partial charge in [0, 0.05) is 37.6 Å². The summed E-state index contributed by atoms with van der Waals surface area (Å²) >= 11 is 1.44. The third kappa shape index (κ3) is 5.23. The number of hydrogen-bond acceptors (Lipinski definition) is 5. The summed E-state index contributed by atoms with van der Waals surface area (Å²) in [6.45, 7) is 5.15. The molecule has 1 atom stereocenters. The van der Waals surface area contributed by atoms with Crippen molar-refractivity contribution in [2.45, 2.75) is 44.9 Å². The number of aryl methyl sites for hydroxylation is 1. The van der Waals surface area contributed by atoms with E-state index in [-0.39, 0.29) is 11.9 Å². The number of rotatable bonds is 6. The standard InChI is InChI=1S/C23H27F3N4O2S/c1-14(21(32)28-22-19(20(27)31)17-3-2-4-18(17)33-22)30-11-9-29(10-12-30)13-15-5-7-16(8-6-15)23(24,25)26/h5-8,14H,2-4,9-13H2,1H3,(H2,27,31)(H,28,32)/t14-/m1/s1. The van der Waals surface area contributed by atoms with Gasteiger partial charge in [-0.05, 0) is 49.4 Å². The van der Waals surface area contributed by atoms with Crippen LogP contribution in [-0.2, 0) is 30.4 Å². The number of carbonyl (C=O) groups is 2. The Morgan fingerprint density at radius 1 is 1.12 bits per heavy atom. The van der Waals surface area contributed by atoms with Crippen LogP contribution in [0, 0.1) is 0 Å². The van der Waals surface area contributed by atoms with Gasteiger partial charge >= 0.3 is 6.18 Å². The molecule has 1 fully saturated rings. The number of alkyl halides is 3. The van der Waals surface area contributed by atoms with E-state index in [0.717, 1.165) is 47.4 Å². The van der Waals surface area contributed by atoms with Crippen molar-refractivity contribution >= 4 is 28.2 Å². The lowest BCUT2D eigenvalue weighted by Crippen LogP contribution is -2.52. The molecule has 1 saturated heterocycles. The molecule has 2 aromatic rings. The fourth-order valence-corrected chi connectivity index (χ4v) is 5.80. The fourth-order valence-electron chi connectivity index (χ4n) is 4.50. The number of benzene rings is 1. The molecule has 3 N–H and O–H groups in total. The lowest BCUT2D eigenvalue weighted by molar-refractivity contribution is -0.137. The third-order valence-corrected chi connectivity index (χ3v) is 7.63. The molecule has 0 saturated carbocycles. The normalized spacial score (nSPS) is 18.2. The Morgan fingerprint density at radius 2 is 1.79 bits per heavy atom. The Labute approximate surface area is 194 Å². The SMILES string of the molecule is C[C@H](C(=O)Nc1sc2c(c1C(N)=O)CCC2)N1CCN(Cc2ccc(C(F)(F)F)cc2)CC1. The molecular weight excluding hydrogens is 453 g/mol. The Morgan fingerprint density at radius 3 is 2.39 bits per heavy atom. The molecule has 1 aromatic heterocycles. The minimum Gasteiger partial charge on any atom is -0.365 e. The number of thiophene rings is 1. The van der Waals surface area contributed by atoms with Crippen LogP contribution in [0.5, 0.6) is 0 Å². The monoisotopic (exact) mass is 480 g/mol. The van der Waals surface area contributed by atoms with Gasteiger partial charge in [0.05, 0.1) is 17.2 Å². The van der Waals surface area contributed by atoms with Gasteiger partial charge in [-0.3, -0.25) is 19.4 Å². The Kier molecular flexibility index (Phi) is 6.78. The smallest absolute Gasteiger partial charge is 0.365 e. The van der Waals surface area contributed by atoms with Gasteiger partial charge in [0.15, 0.2) is 0 Å². The summed E-state index contributed by atoms with van der Waals surface area (Å²) in [7, 11) is 0. The summed E-state index contributed by atoms with van der Waals surface area (Å²) in [6.07, 6.45) is -1.60. The molecule has 1 aliphatic heterocycles. The average Bonchev–Trinajstić information content (AvgIpc) is 3.34. The van der Waals surface area contributed by atoms with Crippen LogP contribution in [0.3, 0.4) is 0 Å². The van der Waals surface area contributed by atoms with E-state index < -0.39 is 17.6 Å². The molecule has 178 valence electrons. The van der Waals surface area contributed by atoms with E-state index in [1.165, 1.54) is 23.5 Å². The maximum absolute atomic E-state index is 12.9. The summed E-state index contributed by atoms with van der Waals surface area (Å²) in [4.78, 5) is 30.2. The van der Waals surface area contributed by atoms with Crippen LogP contribution in [0.25, 0.3) is 0 Å². The molecule has 1 aliphatic carbocycles. The maximum Gasteiger partial charge on any atom is 0.416 e. The maximum atomic E-state index is 12.9. The third-order valence-electron chi connectivity index (χ3n) is 6.43. The molecule has 33 heavy (non-hydrogen) atoms. The van der Waals surface area contributed by atoms with Gasteiger partial charge < -0.3 is 11.1 Å². The van der Waals surface area contributed by atoms with Crippen molar-refractivity contribution in [3.63, 3.8) is 0 Å². The number of piperazine rings is 1. The van der Waals surface area contributed by atoms with Crippen LogP contribution >= 0.6 is 11.3 Å². The molecule has 0 radical (unpaired) electrons. The van der Waals surface area contributed by atoms with E-state index in [4.69, 9.17) is 5.73 Å². The first-order chi connectivity index (χ1) is 15.6. The highest BCUT2D eigenvalue weighted by Crippen LogP contribution is 2.39. The first-order valence-electron chi connectivity index (χ1n) is 11.0. The van der Waals surface area contributed by atoms with Crippen LogP contribution in [0.2, 0.25) is 0 Å². The summed E-state index contributed by atoms with van der Waals surface area (Å²) in [5, 5.41) is 3.46. The lowest BCUT2D eigenvalue weighted by Gasteiger charge is -2.37. The zero-order valence-electron chi connectivity index (χ0n) is 18.4. The number of halogens is 3. The average molecular weight is 481 g/mol. The molecule has 2 aliphatic rings. The Hall–Kier alpha value is -2.43. The second kappa shape index (κ2) is 9.44. The highest BCUT2D eigenvalue weighted by Gasteiger charge is 2.31. The van der Waals surface area contributed by atoms with E-state index in [2.05, 4.69) is 15.1 Å². The number of fused-ring (bicyclic) bond motifs is 1. The molecule has 4 rings (SSSR count). The van der Waals surface area contributed by atoms with Gasteiger partial charge in [0.25, 0.3) is 5.91 Å². The number of primary amides is 1. The van der Waals surface area contributed by atoms with Gasteiger partial charge in [-0.15, -0.1) is 11.3 Å². The molecular formula is C23H27F3N4O2S. The first-order valence-corrected chi connectivity index (χ1v) is 11.8. The van der Waals surface area contributed by atoms with Crippen LogP contribution in [0.15, 0.2) is 24.3 Å². The molecule has 2 amide bonds. The zero-order chi connectivity index (χ0) is 23.8. The molecule has 2 heterocycles. The molecule has 6 nitrogen and oxygen atoms in total. The summed E-state index contributed by atoms with van der Waals surface area (Å²) in [5.74, 6) is -0.678. The topological polar surface area (TPSA) is 78.7 Å². The van der Waals surface area contributed by atoms with Crippen molar-refractivity contribution < 1.29 is 22.8 Å². The van der Waals surface area contributed by atoms with E-state index in [0.29, 0.717) is 43.3 Å². The molecule has 0 unspecified atom stereocenters. The predicted molar refractivity (Wildman–Crippen MR) is 121 cm³/mol. The van der Waals surface area contributed by atoms with Gasteiger partial charge in [0.1, 0.15) is 5.00 Å². The predicted octanol–water partition coefficient (Wildman–Crippen LogP) is 3.50. The molecule has 0 spiro atoms. The second-order valence-electron chi connectivity index (χ2n) is 8.60. The van der Waals surface area contributed by atoms with Crippen molar-refractivity contribution in [2.75, 3.05) is 31.5 Å². The largest absolute Gasteiger partial charge is 0.416 e. The molecule has 0 bridgehead atoms. The number of carbonyl (C=O) groups excluding carboxylic acids is 2. The van der Waals surface area contributed by atoms with Crippen molar-refractivity contribution in [3.8, 4) is 0 Å². The zero-order valence-corrected chi connectivity index (χ0v) is 19.2. The quantitative estimate of drug-likeness (QED) is 0.664. The molecule has 10 heteroatoms. The van der Waals surface area contributed by atoms with Gasteiger partial charge in [-0.25, -0.2) is 0 Å². The number of anilines is 1. The van der Waals surface area contributed by atoms with Crippen LogP contribution in [0.1, 0.15) is 45.3 Å². The second-order valence-corrected chi connectivity index (χ2v) is 9.70. The van der Waals surface area contributed by atoms with E-state index in [1.54, 1.807) is 0 Å². The Bertz CT molecular complexity index is 1030. The summed E-state index contributed by atoms with van der Waals surface area (Å²) in [5.41, 5.74) is 7.19. The van der Waals surface area contributed by atoms with Crippen molar-refractivity contribution in [2.24, 2.45) is 5.73 Å². The van der Waals surface area contributed by atoms with Crippen LogP contribution in [0.4, 0.5) is 18.2 Å². The van der Waals surface area contributed by atoms with Crippen molar-refractivity contribution in [3.05, 3.63) is 51.4 Å².